The summed E-state index contributed by atoms with van der Waals surface area (Å²) >= 11 is 0. The van der Waals surface area contributed by atoms with E-state index in [4.69, 9.17) is 4.74 Å². The first kappa shape index (κ1) is 17.9. The maximum atomic E-state index is 5.58. The third-order valence-electron chi connectivity index (χ3n) is 3.75. The van der Waals surface area contributed by atoms with Gasteiger partial charge in [0.15, 0.2) is 0 Å². The molecule has 0 fully saturated rings. The van der Waals surface area contributed by atoms with E-state index < -0.39 is 0 Å². The summed E-state index contributed by atoms with van der Waals surface area (Å²) in [6.07, 6.45) is 1.11. The van der Waals surface area contributed by atoms with Crippen molar-refractivity contribution in [1.82, 2.24) is 10.2 Å². The van der Waals surface area contributed by atoms with E-state index in [1.165, 1.54) is 6.54 Å². The van der Waals surface area contributed by atoms with Gasteiger partial charge in [0.25, 0.3) is 0 Å². The number of ether oxygens (including phenoxy) is 1. The number of hydrogen-bond acceptors (Lipinski definition) is 3. The van der Waals surface area contributed by atoms with Crippen LogP contribution in [0.5, 0.6) is 0 Å². The maximum Gasteiger partial charge on any atom is 0.0775 e. The van der Waals surface area contributed by atoms with Crippen molar-refractivity contribution in [3.63, 3.8) is 0 Å². The first-order chi connectivity index (χ1) is 8.24. The summed E-state index contributed by atoms with van der Waals surface area (Å²) < 4.78 is 5.58. The molecule has 1 unspecified atom stereocenters. The molecule has 0 aliphatic carbocycles. The lowest BCUT2D eigenvalue weighted by atomic mass is 9.95. The molecule has 0 aromatic heterocycles. The van der Waals surface area contributed by atoms with Gasteiger partial charge in [0, 0.05) is 32.3 Å². The lowest BCUT2D eigenvalue weighted by Crippen LogP contribution is -2.49. The lowest BCUT2D eigenvalue weighted by molar-refractivity contribution is -0.0137. The first-order valence-corrected chi connectivity index (χ1v) is 7.21. The van der Waals surface area contributed by atoms with Crippen LogP contribution in [-0.2, 0) is 4.74 Å². The second-order valence-corrected chi connectivity index (χ2v) is 6.42. The Balaban J connectivity index is 4.39. The predicted octanol–water partition coefficient (Wildman–Crippen LogP) is 2.76. The first-order valence-electron chi connectivity index (χ1n) is 7.21. The minimum absolute atomic E-state index is 0.116. The normalized spacial score (nSPS) is 14.8. The van der Waals surface area contributed by atoms with Crippen LogP contribution >= 0.6 is 0 Å². The van der Waals surface area contributed by atoms with E-state index in [0.717, 1.165) is 18.9 Å². The zero-order valence-electron chi connectivity index (χ0n) is 13.7. The Hall–Kier alpha value is -0.120. The Morgan fingerprint density at radius 1 is 1.17 bits per heavy atom. The van der Waals surface area contributed by atoms with Crippen molar-refractivity contribution in [2.45, 2.75) is 65.6 Å². The number of nitrogens with zero attached hydrogens (tertiary/aromatic N) is 1. The van der Waals surface area contributed by atoms with E-state index in [0.29, 0.717) is 12.1 Å². The summed E-state index contributed by atoms with van der Waals surface area (Å²) in [4.78, 5) is 2.56. The molecule has 0 saturated heterocycles. The van der Waals surface area contributed by atoms with Crippen molar-refractivity contribution in [2.24, 2.45) is 5.92 Å². The summed E-state index contributed by atoms with van der Waals surface area (Å²) in [5, 5.41) is 3.39. The van der Waals surface area contributed by atoms with Gasteiger partial charge in [0.05, 0.1) is 5.60 Å². The molecule has 110 valence electrons. The minimum Gasteiger partial charge on any atom is -0.377 e. The molecule has 1 N–H and O–H groups in total. The zero-order valence-corrected chi connectivity index (χ0v) is 13.7. The van der Waals surface area contributed by atoms with Gasteiger partial charge in [-0.15, -0.1) is 0 Å². The minimum atomic E-state index is -0.116. The fourth-order valence-corrected chi connectivity index (χ4v) is 2.31. The zero-order chi connectivity index (χ0) is 14.3. The number of nitrogens with one attached hydrogen (secondary N) is 1. The standard InChI is InChI=1S/C15H34N2O/c1-12(2)11-17(13(3)4)10-9-14(16-7)15(5,6)18-8/h12-14,16H,9-11H2,1-8H3. The Kier molecular flexibility index (Phi) is 8.08. The van der Waals surface area contributed by atoms with E-state index in [-0.39, 0.29) is 5.60 Å². The van der Waals surface area contributed by atoms with Gasteiger partial charge in [0.1, 0.15) is 0 Å². The third kappa shape index (κ3) is 6.17. The van der Waals surface area contributed by atoms with Gasteiger partial charge in [-0.3, -0.25) is 0 Å². The molecule has 0 aromatic carbocycles. The van der Waals surface area contributed by atoms with Gasteiger partial charge in [0.2, 0.25) is 0 Å². The van der Waals surface area contributed by atoms with Gasteiger partial charge >= 0.3 is 0 Å². The molecule has 0 bridgehead atoms. The van der Waals surface area contributed by atoms with Crippen LogP contribution in [0.3, 0.4) is 0 Å². The molecule has 0 aromatic rings. The monoisotopic (exact) mass is 258 g/mol. The molecular formula is C15H34N2O. The average Bonchev–Trinajstić information content (AvgIpc) is 2.27. The fraction of sp³-hybridized carbons (Fsp3) is 1.00. The Morgan fingerprint density at radius 3 is 2.06 bits per heavy atom. The van der Waals surface area contributed by atoms with E-state index in [1.54, 1.807) is 7.11 Å². The second kappa shape index (κ2) is 8.13. The SMILES string of the molecule is CNC(CCN(CC(C)C)C(C)C)C(C)(C)OC. The topological polar surface area (TPSA) is 24.5 Å². The Labute approximate surface area is 114 Å². The smallest absolute Gasteiger partial charge is 0.0775 e. The summed E-state index contributed by atoms with van der Waals surface area (Å²) in [6.45, 7) is 15.7. The molecule has 0 aliphatic rings. The van der Waals surface area contributed by atoms with Crippen LogP contribution in [-0.4, -0.2) is 49.8 Å². The molecule has 0 aliphatic heterocycles. The summed E-state index contributed by atoms with van der Waals surface area (Å²) in [5.41, 5.74) is -0.116. The fourth-order valence-electron chi connectivity index (χ4n) is 2.31. The van der Waals surface area contributed by atoms with Gasteiger partial charge in [-0.05, 0) is 47.1 Å². The van der Waals surface area contributed by atoms with E-state index in [2.05, 4.69) is 51.8 Å². The number of likely N-dealkylation sites (N-methyl/N-ethyl adjacent to an activating group) is 1. The molecule has 0 heterocycles. The largest absolute Gasteiger partial charge is 0.377 e. The molecule has 0 spiro atoms. The van der Waals surface area contributed by atoms with Gasteiger partial charge in [-0.25, -0.2) is 0 Å². The quantitative estimate of drug-likeness (QED) is 0.688. The van der Waals surface area contributed by atoms with Crippen molar-refractivity contribution in [1.29, 1.82) is 0 Å². The molecule has 0 radical (unpaired) electrons. The molecule has 0 saturated carbocycles. The van der Waals surface area contributed by atoms with Gasteiger partial charge in [-0.2, -0.15) is 0 Å². The molecule has 3 nitrogen and oxygen atoms in total. The van der Waals surface area contributed by atoms with Crippen molar-refractivity contribution < 1.29 is 4.74 Å². The molecule has 1 atom stereocenters. The molecule has 3 heteroatoms. The number of hydrogen-bond donors (Lipinski definition) is 1. The van der Waals surface area contributed by atoms with Crippen molar-refractivity contribution in [3.8, 4) is 0 Å². The van der Waals surface area contributed by atoms with E-state index in [1.807, 2.05) is 7.05 Å². The van der Waals surface area contributed by atoms with Crippen LogP contribution < -0.4 is 5.32 Å². The molecule has 0 amide bonds. The van der Waals surface area contributed by atoms with Crippen LogP contribution in [0.2, 0.25) is 0 Å². The van der Waals surface area contributed by atoms with Gasteiger partial charge in [-0.1, -0.05) is 13.8 Å². The summed E-state index contributed by atoms with van der Waals surface area (Å²) in [6, 6.07) is 0.992. The Bertz CT molecular complexity index is 215. The highest BCUT2D eigenvalue weighted by atomic mass is 16.5. The second-order valence-electron chi connectivity index (χ2n) is 6.42. The number of methoxy groups -OCH3 is 1. The average molecular weight is 258 g/mol. The Morgan fingerprint density at radius 2 is 1.72 bits per heavy atom. The van der Waals surface area contributed by atoms with E-state index >= 15 is 0 Å². The molecule has 18 heavy (non-hydrogen) atoms. The summed E-state index contributed by atoms with van der Waals surface area (Å²) in [5.74, 6) is 0.718. The molecule has 0 rings (SSSR count). The van der Waals surface area contributed by atoms with E-state index in [9.17, 15) is 0 Å². The van der Waals surface area contributed by atoms with Gasteiger partial charge < -0.3 is 15.0 Å². The number of rotatable bonds is 9. The van der Waals surface area contributed by atoms with Crippen molar-refractivity contribution >= 4 is 0 Å². The third-order valence-corrected chi connectivity index (χ3v) is 3.75. The highest BCUT2D eigenvalue weighted by Gasteiger charge is 2.28. The van der Waals surface area contributed by atoms with Crippen LogP contribution in [0.15, 0.2) is 0 Å². The lowest BCUT2D eigenvalue weighted by Gasteiger charge is -2.36. The predicted molar refractivity (Wildman–Crippen MR) is 80.1 cm³/mol. The highest BCUT2D eigenvalue weighted by molar-refractivity contribution is 4.85. The van der Waals surface area contributed by atoms with Crippen LogP contribution in [0.4, 0.5) is 0 Å². The molecular weight excluding hydrogens is 224 g/mol. The van der Waals surface area contributed by atoms with Crippen molar-refractivity contribution in [3.05, 3.63) is 0 Å². The van der Waals surface area contributed by atoms with Crippen LogP contribution in [0.1, 0.15) is 48.0 Å². The van der Waals surface area contributed by atoms with Crippen LogP contribution in [0.25, 0.3) is 0 Å². The highest BCUT2D eigenvalue weighted by Crippen LogP contribution is 2.17. The van der Waals surface area contributed by atoms with Crippen LogP contribution in [0, 0.1) is 5.92 Å². The summed E-state index contributed by atoms with van der Waals surface area (Å²) in [7, 11) is 3.81. The van der Waals surface area contributed by atoms with Crippen molar-refractivity contribution in [2.75, 3.05) is 27.2 Å². The maximum absolute atomic E-state index is 5.58.